The number of nitrogens with zero attached hydrogens (tertiary/aromatic N) is 1. The van der Waals surface area contributed by atoms with Gasteiger partial charge < -0.3 is 0 Å². The minimum absolute atomic E-state index is 0.0902. The van der Waals surface area contributed by atoms with Crippen molar-refractivity contribution < 1.29 is 9.59 Å². The van der Waals surface area contributed by atoms with Gasteiger partial charge in [-0.1, -0.05) is 18.2 Å². The van der Waals surface area contributed by atoms with E-state index in [0.29, 0.717) is 12.8 Å². The smallest absolute Gasteiger partial charge is 0.246 e. The van der Waals surface area contributed by atoms with Crippen molar-refractivity contribution in [2.45, 2.75) is 31.8 Å². The molecule has 2 heterocycles. The number of likely N-dealkylation sites (tertiary alicyclic amines) is 1. The van der Waals surface area contributed by atoms with Gasteiger partial charge in [0.25, 0.3) is 0 Å². The van der Waals surface area contributed by atoms with Crippen molar-refractivity contribution >= 4 is 33.2 Å². The summed E-state index contributed by atoms with van der Waals surface area (Å²) in [6.07, 6.45) is 1.01. The predicted molar refractivity (Wildman–Crippen MR) is 84.2 cm³/mol. The van der Waals surface area contributed by atoms with Crippen molar-refractivity contribution in [3.8, 4) is 0 Å². The number of fused-ring (bicyclic) bond motifs is 1. The number of hydrogen-bond donors (Lipinski definition) is 1. The highest BCUT2D eigenvalue weighted by molar-refractivity contribution is 7.19. The molecular formula is C16H18N2O2S. The maximum Gasteiger partial charge on any atom is 0.246 e. The third-order valence-electron chi connectivity index (χ3n) is 3.97. The summed E-state index contributed by atoms with van der Waals surface area (Å²) in [5.41, 5.74) is 0. The van der Waals surface area contributed by atoms with Crippen molar-refractivity contribution in [2.24, 2.45) is 0 Å². The number of thiophene rings is 1. The molecule has 2 amide bonds. The molecule has 1 N–H and O–H groups in total. The molecule has 1 aromatic carbocycles. The van der Waals surface area contributed by atoms with Crippen molar-refractivity contribution in [3.05, 3.63) is 35.2 Å². The molecule has 2 atom stereocenters. The molecule has 2 unspecified atom stereocenters. The summed E-state index contributed by atoms with van der Waals surface area (Å²) in [6.45, 7) is 2.06. The fourth-order valence-electron chi connectivity index (χ4n) is 2.67. The zero-order valence-electron chi connectivity index (χ0n) is 12.1. The van der Waals surface area contributed by atoms with Crippen LogP contribution in [0.25, 0.3) is 10.1 Å². The van der Waals surface area contributed by atoms with Crippen LogP contribution in [-0.4, -0.2) is 29.8 Å². The lowest BCUT2D eigenvalue weighted by Crippen LogP contribution is -2.51. The summed E-state index contributed by atoms with van der Waals surface area (Å²) in [4.78, 5) is 26.1. The topological polar surface area (TPSA) is 49.4 Å². The summed E-state index contributed by atoms with van der Waals surface area (Å²) in [6, 6.07) is 10.3. The summed E-state index contributed by atoms with van der Waals surface area (Å²) in [5, 5.41) is 4.59. The van der Waals surface area contributed by atoms with E-state index in [9.17, 15) is 9.59 Å². The number of likely N-dealkylation sites (N-methyl/N-ethyl adjacent to an activating group) is 1. The highest BCUT2D eigenvalue weighted by Gasteiger charge is 2.32. The first-order valence-electron chi connectivity index (χ1n) is 7.11. The Hall–Kier alpha value is -1.72. The molecule has 0 radical (unpaired) electrons. The molecule has 0 bridgehead atoms. The van der Waals surface area contributed by atoms with E-state index in [1.165, 1.54) is 19.9 Å². The van der Waals surface area contributed by atoms with Gasteiger partial charge in [0.05, 0.1) is 6.04 Å². The number of carbonyl (C=O) groups is 2. The fourth-order valence-corrected chi connectivity index (χ4v) is 3.75. The Kier molecular flexibility index (Phi) is 3.78. The second kappa shape index (κ2) is 5.58. The van der Waals surface area contributed by atoms with Crippen LogP contribution in [0, 0.1) is 0 Å². The summed E-state index contributed by atoms with van der Waals surface area (Å²) < 4.78 is 1.25. The van der Waals surface area contributed by atoms with Crippen LogP contribution in [0.2, 0.25) is 0 Å². The molecular weight excluding hydrogens is 284 g/mol. The van der Waals surface area contributed by atoms with E-state index in [0.717, 1.165) is 0 Å². The lowest BCUT2D eigenvalue weighted by molar-refractivity contribution is -0.148. The average molecular weight is 302 g/mol. The molecule has 0 saturated carbocycles. The highest BCUT2D eigenvalue weighted by Crippen LogP contribution is 2.30. The maximum absolute atomic E-state index is 12.1. The number of rotatable bonds is 3. The summed E-state index contributed by atoms with van der Waals surface area (Å²) >= 11 is 1.74. The average Bonchev–Trinajstić information content (AvgIpc) is 2.92. The monoisotopic (exact) mass is 302 g/mol. The van der Waals surface area contributed by atoms with Gasteiger partial charge in [0.2, 0.25) is 11.8 Å². The van der Waals surface area contributed by atoms with Crippen LogP contribution >= 0.6 is 11.3 Å². The van der Waals surface area contributed by atoms with Gasteiger partial charge in [-0.3, -0.25) is 19.8 Å². The van der Waals surface area contributed by atoms with E-state index in [4.69, 9.17) is 0 Å². The van der Waals surface area contributed by atoms with Gasteiger partial charge in [0.15, 0.2) is 0 Å². The Morgan fingerprint density at radius 2 is 2.10 bits per heavy atom. The number of benzene rings is 1. The van der Waals surface area contributed by atoms with Crippen LogP contribution in [0.5, 0.6) is 0 Å². The lowest BCUT2D eigenvalue weighted by atomic mass is 10.0. The van der Waals surface area contributed by atoms with Gasteiger partial charge in [0, 0.05) is 29.1 Å². The molecule has 4 nitrogen and oxygen atoms in total. The summed E-state index contributed by atoms with van der Waals surface area (Å²) in [5.74, 6) is -0.216. The molecule has 2 aromatic rings. The highest BCUT2D eigenvalue weighted by atomic mass is 32.1. The van der Waals surface area contributed by atoms with Crippen molar-refractivity contribution in [1.82, 2.24) is 10.2 Å². The quantitative estimate of drug-likeness (QED) is 0.887. The number of amides is 2. The Labute approximate surface area is 127 Å². The lowest BCUT2D eigenvalue weighted by Gasteiger charge is -2.30. The van der Waals surface area contributed by atoms with Crippen molar-refractivity contribution in [1.29, 1.82) is 0 Å². The predicted octanol–water partition coefficient (Wildman–Crippen LogP) is 2.70. The van der Waals surface area contributed by atoms with Crippen LogP contribution in [0.15, 0.2) is 30.3 Å². The van der Waals surface area contributed by atoms with E-state index in [-0.39, 0.29) is 23.9 Å². The normalized spacial score (nSPS) is 21.0. The second-order valence-corrected chi connectivity index (χ2v) is 6.57. The first kappa shape index (κ1) is 14.2. The summed E-state index contributed by atoms with van der Waals surface area (Å²) in [7, 11) is 1.56. The van der Waals surface area contributed by atoms with Crippen molar-refractivity contribution in [3.63, 3.8) is 0 Å². The minimum atomic E-state index is -0.270. The van der Waals surface area contributed by atoms with E-state index >= 15 is 0 Å². The molecule has 0 aliphatic carbocycles. The molecule has 21 heavy (non-hydrogen) atoms. The van der Waals surface area contributed by atoms with Gasteiger partial charge in [-0.05, 0) is 30.9 Å². The largest absolute Gasteiger partial charge is 0.298 e. The van der Waals surface area contributed by atoms with Crippen LogP contribution in [0.1, 0.15) is 30.7 Å². The van der Waals surface area contributed by atoms with Gasteiger partial charge in [-0.2, -0.15) is 0 Å². The molecule has 110 valence electrons. The molecule has 5 heteroatoms. The molecule has 0 spiro atoms. The number of imide groups is 1. The Morgan fingerprint density at radius 1 is 1.33 bits per heavy atom. The Balaban J connectivity index is 1.75. The van der Waals surface area contributed by atoms with Gasteiger partial charge in [-0.15, -0.1) is 11.3 Å². The van der Waals surface area contributed by atoms with Gasteiger partial charge in [-0.25, -0.2) is 0 Å². The zero-order valence-corrected chi connectivity index (χ0v) is 12.9. The van der Waals surface area contributed by atoms with E-state index < -0.39 is 0 Å². The molecule has 3 rings (SSSR count). The van der Waals surface area contributed by atoms with Gasteiger partial charge in [0.1, 0.15) is 0 Å². The third-order valence-corrected chi connectivity index (χ3v) is 5.27. The molecule has 1 aromatic heterocycles. The molecule has 1 saturated heterocycles. The number of carbonyl (C=O) groups excluding carboxylic acids is 2. The number of hydrogen-bond acceptors (Lipinski definition) is 4. The third kappa shape index (κ3) is 2.71. The zero-order chi connectivity index (χ0) is 15.0. The van der Waals surface area contributed by atoms with Crippen LogP contribution in [0.4, 0.5) is 0 Å². The first-order chi connectivity index (χ1) is 10.1. The molecule has 1 aliphatic heterocycles. The SMILES string of the molecule is CC(NC1CCC(=O)N(C)C1=O)c1cc2ccccc2s1. The van der Waals surface area contributed by atoms with E-state index in [1.807, 2.05) is 12.1 Å². The van der Waals surface area contributed by atoms with Crippen LogP contribution in [0.3, 0.4) is 0 Å². The number of piperidine rings is 1. The Bertz CT molecular complexity index is 661. The standard InChI is InChI=1S/C16H18N2O2S/c1-10(14-9-11-5-3-4-6-13(11)21-14)17-12-7-8-15(19)18(2)16(12)20/h3-6,9-10,12,17H,7-8H2,1-2H3. The minimum Gasteiger partial charge on any atom is -0.298 e. The molecule has 1 aliphatic rings. The van der Waals surface area contributed by atoms with Crippen LogP contribution in [-0.2, 0) is 9.59 Å². The van der Waals surface area contributed by atoms with E-state index in [1.54, 1.807) is 18.4 Å². The van der Waals surface area contributed by atoms with Crippen molar-refractivity contribution in [2.75, 3.05) is 7.05 Å². The maximum atomic E-state index is 12.1. The fraction of sp³-hybridized carbons (Fsp3) is 0.375. The van der Waals surface area contributed by atoms with E-state index in [2.05, 4.69) is 30.4 Å². The first-order valence-corrected chi connectivity index (χ1v) is 7.93. The second-order valence-electron chi connectivity index (χ2n) is 5.46. The van der Waals surface area contributed by atoms with Crippen LogP contribution < -0.4 is 5.32 Å². The van der Waals surface area contributed by atoms with Gasteiger partial charge >= 0.3 is 0 Å². The molecule has 1 fully saturated rings. The number of nitrogens with one attached hydrogen (secondary N) is 1. The Morgan fingerprint density at radius 3 is 2.86 bits per heavy atom.